The fourth-order valence-corrected chi connectivity index (χ4v) is 5.30. The van der Waals surface area contributed by atoms with Crippen LogP contribution in [-0.4, -0.2) is 59.3 Å². The Morgan fingerprint density at radius 1 is 1.23 bits per heavy atom. The summed E-state index contributed by atoms with van der Waals surface area (Å²) in [6, 6.07) is 8.52. The van der Waals surface area contributed by atoms with Crippen molar-refractivity contribution < 1.29 is 22.7 Å². The molecule has 1 fully saturated rings. The lowest BCUT2D eigenvalue weighted by molar-refractivity contribution is -0.150. The predicted octanol–water partition coefficient (Wildman–Crippen LogP) is 2.18. The molecule has 168 valence electrons. The molecule has 1 atom stereocenters. The molecular weight excluding hydrogens is 420 g/mol. The van der Waals surface area contributed by atoms with Crippen molar-refractivity contribution in [2.24, 2.45) is 0 Å². The van der Waals surface area contributed by atoms with Gasteiger partial charge in [-0.25, -0.2) is 13.1 Å². The van der Waals surface area contributed by atoms with E-state index < -0.39 is 34.5 Å². The van der Waals surface area contributed by atoms with Gasteiger partial charge in [0.25, 0.3) is 5.91 Å². The monoisotopic (exact) mass is 448 g/mol. The van der Waals surface area contributed by atoms with Crippen molar-refractivity contribution in [1.82, 2.24) is 14.1 Å². The van der Waals surface area contributed by atoms with Gasteiger partial charge in [0.15, 0.2) is 6.61 Å². The first-order valence-electron chi connectivity index (χ1n) is 10.3. The van der Waals surface area contributed by atoms with Gasteiger partial charge in [-0.3, -0.25) is 9.59 Å². The van der Waals surface area contributed by atoms with Crippen molar-refractivity contribution in [3.63, 3.8) is 0 Å². The Morgan fingerprint density at radius 2 is 1.94 bits per heavy atom. The number of hydrogen-bond acceptors (Lipinski definition) is 6. The smallest absolute Gasteiger partial charge is 0.324 e. The van der Waals surface area contributed by atoms with E-state index >= 15 is 0 Å². The lowest BCUT2D eigenvalue weighted by Gasteiger charge is -2.22. The van der Waals surface area contributed by atoms with Gasteiger partial charge in [-0.15, -0.1) is 0 Å². The van der Waals surface area contributed by atoms with Gasteiger partial charge in [0.1, 0.15) is 11.9 Å². The number of ether oxygens (including phenoxy) is 1. The van der Waals surface area contributed by atoms with Crippen molar-refractivity contribution >= 4 is 27.7 Å². The molecule has 31 heavy (non-hydrogen) atoms. The molecule has 0 radical (unpaired) electrons. The molecule has 0 spiro atoms. The molecule has 1 saturated heterocycles. The van der Waals surface area contributed by atoms with E-state index in [0.29, 0.717) is 31.6 Å². The minimum atomic E-state index is -3.51. The number of rotatable bonds is 8. The van der Waals surface area contributed by atoms with Crippen molar-refractivity contribution in [3.05, 3.63) is 41.6 Å². The van der Waals surface area contributed by atoms with Gasteiger partial charge in [-0.1, -0.05) is 24.6 Å². The Balaban J connectivity index is 1.62. The molecule has 2 heterocycles. The maximum atomic E-state index is 12.5. The number of nitrogens with one attached hydrogen (secondary N) is 1. The minimum Gasteiger partial charge on any atom is -0.454 e. The summed E-state index contributed by atoms with van der Waals surface area (Å²) in [6.45, 7) is 5.35. The Morgan fingerprint density at radius 3 is 2.61 bits per heavy atom. The molecule has 1 N–H and O–H groups in total. The maximum Gasteiger partial charge on any atom is 0.324 e. The minimum absolute atomic E-state index is 0.0143. The van der Waals surface area contributed by atoms with Crippen LogP contribution in [-0.2, 0) is 24.3 Å². The molecular formula is C21H28N4O5S. The topological polar surface area (TPSA) is 111 Å². The number of aromatic nitrogens is 2. The Kier molecular flexibility index (Phi) is 7.11. The van der Waals surface area contributed by atoms with Gasteiger partial charge in [0, 0.05) is 12.6 Å². The zero-order chi connectivity index (χ0) is 22.6. The molecule has 2 aromatic rings. The fourth-order valence-electron chi connectivity index (χ4n) is 3.57. The number of esters is 1. The van der Waals surface area contributed by atoms with Gasteiger partial charge in [0.05, 0.1) is 17.1 Å². The molecule has 10 heteroatoms. The second kappa shape index (κ2) is 9.61. The first-order chi connectivity index (χ1) is 14.7. The molecule has 0 saturated carbocycles. The van der Waals surface area contributed by atoms with Crippen LogP contribution in [0.5, 0.6) is 0 Å². The largest absolute Gasteiger partial charge is 0.454 e. The summed E-state index contributed by atoms with van der Waals surface area (Å²) in [5.74, 6) is -0.784. The average Bonchev–Trinajstić information content (AvgIpc) is 3.34. The molecule has 9 nitrogen and oxygen atoms in total. The third-order valence-corrected chi connectivity index (χ3v) is 7.09. The van der Waals surface area contributed by atoms with Gasteiger partial charge < -0.3 is 10.1 Å². The van der Waals surface area contributed by atoms with Crippen molar-refractivity contribution in [2.75, 3.05) is 24.2 Å². The molecule has 1 aliphatic heterocycles. The van der Waals surface area contributed by atoms with Crippen LogP contribution >= 0.6 is 0 Å². The number of carbonyl (C=O) groups is 2. The van der Waals surface area contributed by atoms with Gasteiger partial charge >= 0.3 is 5.97 Å². The van der Waals surface area contributed by atoms with E-state index in [1.807, 2.05) is 38.1 Å². The third kappa shape index (κ3) is 5.50. The molecule has 1 aromatic heterocycles. The summed E-state index contributed by atoms with van der Waals surface area (Å²) in [5.41, 5.74) is 2.61. The van der Waals surface area contributed by atoms with Crippen LogP contribution in [0.1, 0.15) is 37.4 Å². The van der Waals surface area contributed by atoms with E-state index in [9.17, 15) is 18.0 Å². The number of anilines is 1. The summed E-state index contributed by atoms with van der Waals surface area (Å²) in [4.78, 5) is 24.9. The van der Waals surface area contributed by atoms with Crippen molar-refractivity contribution in [2.45, 2.75) is 46.1 Å². The van der Waals surface area contributed by atoms with Crippen LogP contribution in [0.25, 0.3) is 5.69 Å². The highest BCUT2D eigenvalue weighted by molar-refractivity contribution is 7.89. The van der Waals surface area contributed by atoms with Crippen LogP contribution in [0.3, 0.4) is 0 Å². The predicted molar refractivity (Wildman–Crippen MR) is 116 cm³/mol. The van der Waals surface area contributed by atoms with E-state index in [0.717, 1.165) is 16.9 Å². The first kappa shape index (κ1) is 23.0. The summed E-state index contributed by atoms with van der Waals surface area (Å²) >= 11 is 0. The van der Waals surface area contributed by atoms with Crippen LogP contribution in [0.15, 0.2) is 30.3 Å². The lowest BCUT2D eigenvalue weighted by Crippen LogP contribution is -2.43. The maximum absolute atomic E-state index is 12.5. The van der Waals surface area contributed by atoms with Crippen molar-refractivity contribution in [3.8, 4) is 5.69 Å². The number of nitrogens with zero attached hydrogens (tertiary/aromatic N) is 3. The number of aryl methyl sites for hydroxylation is 2. The zero-order valence-electron chi connectivity index (χ0n) is 18.0. The summed E-state index contributed by atoms with van der Waals surface area (Å²) in [7, 11) is -3.51. The quantitative estimate of drug-likeness (QED) is 0.620. The van der Waals surface area contributed by atoms with E-state index in [1.54, 1.807) is 17.7 Å². The number of carbonyl (C=O) groups excluding carboxylic acids is 2. The number of sulfonamides is 1. The second-order valence-electron chi connectivity index (χ2n) is 7.66. The molecule has 0 bridgehead atoms. The Labute approximate surface area is 182 Å². The number of amides is 1. The molecule has 1 amide bonds. The SMILES string of the molecule is CCCS(=O)(=O)N1CCCC1C(=O)OCC(=O)Nc1cc(C)nn1-c1ccc(C)cc1. The lowest BCUT2D eigenvalue weighted by atomic mass is 10.2. The fraction of sp³-hybridized carbons (Fsp3) is 0.476. The van der Waals surface area contributed by atoms with Crippen LogP contribution < -0.4 is 5.32 Å². The zero-order valence-corrected chi connectivity index (χ0v) is 18.8. The summed E-state index contributed by atoms with van der Waals surface area (Å²) in [6.07, 6.45) is 1.45. The van der Waals surface area contributed by atoms with E-state index in [4.69, 9.17) is 4.74 Å². The van der Waals surface area contributed by atoms with Gasteiger partial charge in [-0.05, 0) is 45.2 Å². The molecule has 1 aliphatic rings. The Bertz CT molecular complexity index is 1050. The van der Waals surface area contributed by atoms with E-state index in [2.05, 4.69) is 10.4 Å². The van der Waals surface area contributed by atoms with Gasteiger partial charge in [-0.2, -0.15) is 9.40 Å². The highest BCUT2D eigenvalue weighted by Crippen LogP contribution is 2.23. The molecule has 3 rings (SSSR count). The molecule has 1 unspecified atom stereocenters. The third-order valence-electron chi connectivity index (χ3n) is 5.02. The Hall–Kier alpha value is -2.72. The van der Waals surface area contributed by atoms with Gasteiger partial charge in [0.2, 0.25) is 10.0 Å². The summed E-state index contributed by atoms with van der Waals surface area (Å²) in [5, 5.41) is 7.10. The normalized spacial score (nSPS) is 16.9. The highest BCUT2D eigenvalue weighted by atomic mass is 32.2. The average molecular weight is 449 g/mol. The number of benzene rings is 1. The number of hydrogen-bond donors (Lipinski definition) is 1. The van der Waals surface area contributed by atoms with Crippen LogP contribution in [0.4, 0.5) is 5.82 Å². The standard InChI is InChI=1S/C21H28N4O5S/c1-4-12-31(28,29)24-11-5-6-18(24)21(27)30-14-20(26)22-19-13-16(3)23-25(19)17-9-7-15(2)8-10-17/h7-10,13,18H,4-6,11-12,14H2,1-3H3,(H,22,26). The summed E-state index contributed by atoms with van der Waals surface area (Å²) < 4.78 is 32.7. The second-order valence-corrected chi connectivity index (χ2v) is 9.70. The highest BCUT2D eigenvalue weighted by Gasteiger charge is 2.39. The van der Waals surface area contributed by atoms with E-state index in [1.165, 1.54) is 4.31 Å². The molecule has 1 aromatic carbocycles. The molecule has 0 aliphatic carbocycles. The first-order valence-corrected chi connectivity index (χ1v) is 11.9. The van der Waals surface area contributed by atoms with Crippen molar-refractivity contribution in [1.29, 1.82) is 0 Å². The van der Waals surface area contributed by atoms with Crippen LogP contribution in [0.2, 0.25) is 0 Å². The van der Waals surface area contributed by atoms with Crippen LogP contribution in [0, 0.1) is 13.8 Å². The van der Waals surface area contributed by atoms with E-state index in [-0.39, 0.29) is 5.75 Å².